The van der Waals surface area contributed by atoms with E-state index in [1.54, 1.807) is 22.8 Å². The Balaban J connectivity index is 1.54. The summed E-state index contributed by atoms with van der Waals surface area (Å²) in [7, 11) is 0. The van der Waals surface area contributed by atoms with Crippen LogP contribution in [0.4, 0.5) is 0 Å². The van der Waals surface area contributed by atoms with Crippen LogP contribution in [-0.4, -0.2) is 22.0 Å². The molecule has 0 saturated heterocycles. The predicted octanol–water partition coefficient (Wildman–Crippen LogP) is 4.54. The van der Waals surface area contributed by atoms with Gasteiger partial charge in [0.1, 0.15) is 0 Å². The van der Waals surface area contributed by atoms with Crippen molar-refractivity contribution in [3.63, 3.8) is 0 Å². The van der Waals surface area contributed by atoms with Crippen molar-refractivity contribution in [2.75, 3.05) is 6.54 Å². The summed E-state index contributed by atoms with van der Waals surface area (Å²) in [4.78, 5) is 28.7. The van der Waals surface area contributed by atoms with E-state index in [0.717, 1.165) is 32.1 Å². The molecule has 1 fully saturated rings. The molecule has 1 saturated carbocycles. The quantitative estimate of drug-likeness (QED) is 0.611. The predicted molar refractivity (Wildman–Crippen MR) is 118 cm³/mol. The second-order valence-corrected chi connectivity index (χ2v) is 8.04. The van der Waals surface area contributed by atoms with Crippen molar-refractivity contribution in [2.45, 2.75) is 44.6 Å². The molecule has 1 aliphatic carbocycles. The standard InChI is InChI=1S/C23H25N3O2S/c27-21(24-14-13-16-7-3-1-4-8-16)17-11-12-19-20(15-17)25-23(29)26(22(19)28)18-9-5-2-6-10-18/h1,3-4,7-8,11-12,15,18H,2,5-6,9-10,13-14H2,(H,24,27)(H,25,29). The second-order valence-electron chi connectivity index (χ2n) is 7.65. The van der Waals surface area contributed by atoms with Crippen molar-refractivity contribution in [1.82, 2.24) is 14.9 Å². The third kappa shape index (κ3) is 4.32. The first kappa shape index (κ1) is 19.6. The van der Waals surface area contributed by atoms with Crippen LogP contribution in [0.15, 0.2) is 53.3 Å². The summed E-state index contributed by atoms with van der Waals surface area (Å²) in [5, 5.41) is 3.52. The Hall–Kier alpha value is -2.73. The number of amides is 1. The molecule has 2 aromatic carbocycles. The van der Waals surface area contributed by atoms with Gasteiger partial charge in [-0.3, -0.25) is 14.2 Å². The van der Waals surface area contributed by atoms with E-state index in [0.29, 0.717) is 27.8 Å². The Labute approximate surface area is 174 Å². The molecular formula is C23H25N3O2S. The number of benzene rings is 2. The Kier molecular flexibility index (Phi) is 5.90. The summed E-state index contributed by atoms with van der Waals surface area (Å²) in [6, 6.07) is 15.4. The minimum Gasteiger partial charge on any atom is -0.352 e. The van der Waals surface area contributed by atoms with Crippen LogP contribution in [-0.2, 0) is 6.42 Å². The molecule has 2 N–H and O–H groups in total. The monoisotopic (exact) mass is 407 g/mol. The van der Waals surface area contributed by atoms with E-state index >= 15 is 0 Å². The molecule has 0 bridgehead atoms. The van der Waals surface area contributed by atoms with Gasteiger partial charge in [-0.15, -0.1) is 0 Å². The lowest BCUT2D eigenvalue weighted by Gasteiger charge is -2.24. The number of hydrogen-bond acceptors (Lipinski definition) is 3. The molecule has 0 spiro atoms. The topological polar surface area (TPSA) is 66.9 Å². The number of aromatic nitrogens is 2. The van der Waals surface area contributed by atoms with E-state index in [1.807, 2.05) is 30.3 Å². The van der Waals surface area contributed by atoms with Crippen molar-refractivity contribution in [3.8, 4) is 0 Å². The fourth-order valence-corrected chi connectivity index (χ4v) is 4.45. The number of rotatable bonds is 5. The molecule has 0 radical (unpaired) electrons. The summed E-state index contributed by atoms with van der Waals surface area (Å²) < 4.78 is 2.17. The average molecular weight is 408 g/mol. The molecule has 0 unspecified atom stereocenters. The number of carbonyl (C=O) groups excluding carboxylic acids is 1. The lowest BCUT2D eigenvalue weighted by molar-refractivity contribution is 0.0954. The molecule has 1 amide bonds. The van der Waals surface area contributed by atoms with Gasteiger partial charge < -0.3 is 10.3 Å². The first-order valence-electron chi connectivity index (χ1n) is 10.2. The molecule has 1 heterocycles. The molecular weight excluding hydrogens is 382 g/mol. The smallest absolute Gasteiger partial charge is 0.262 e. The highest BCUT2D eigenvalue weighted by atomic mass is 32.1. The number of H-pyrrole nitrogens is 1. The molecule has 3 aromatic rings. The van der Waals surface area contributed by atoms with Gasteiger partial charge in [0.25, 0.3) is 11.5 Å². The maximum atomic E-state index is 13.0. The van der Waals surface area contributed by atoms with Crippen LogP contribution in [0.5, 0.6) is 0 Å². The molecule has 5 nitrogen and oxygen atoms in total. The number of nitrogens with zero attached hydrogens (tertiary/aromatic N) is 1. The summed E-state index contributed by atoms with van der Waals surface area (Å²) in [6.07, 6.45) is 6.24. The van der Waals surface area contributed by atoms with E-state index in [4.69, 9.17) is 12.2 Å². The van der Waals surface area contributed by atoms with E-state index in [9.17, 15) is 9.59 Å². The van der Waals surface area contributed by atoms with Gasteiger partial charge in [-0.05, 0) is 55.2 Å². The van der Waals surface area contributed by atoms with Crippen LogP contribution < -0.4 is 10.9 Å². The highest BCUT2D eigenvalue weighted by Crippen LogP contribution is 2.27. The van der Waals surface area contributed by atoms with Crippen LogP contribution in [0.25, 0.3) is 10.9 Å². The fraction of sp³-hybridized carbons (Fsp3) is 0.348. The maximum absolute atomic E-state index is 13.0. The zero-order chi connectivity index (χ0) is 20.2. The van der Waals surface area contributed by atoms with Crippen molar-refractivity contribution in [2.24, 2.45) is 0 Å². The van der Waals surface area contributed by atoms with Crippen molar-refractivity contribution in [1.29, 1.82) is 0 Å². The molecule has 1 aromatic heterocycles. The minimum atomic E-state index is -0.154. The normalized spacial score (nSPS) is 14.8. The highest BCUT2D eigenvalue weighted by Gasteiger charge is 2.19. The first-order chi connectivity index (χ1) is 14.1. The maximum Gasteiger partial charge on any atom is 0.262 e. The van der Waals surface area contributed by atoms with Crippen molar-refractivity contribution >= 4 is 29.0 Å². The van der Waals surface area contributed by atoms with E-state index in [-0.39, 0.29) is 17.5 Å². The summed E-state index contributed by atoms with van der Waals surface area (Å²) in [6.45, 7) is 0.556. The zero-order valence-corrected chi connectivity index (χ0v) is 17.1. The number of fused-ring (bicyclic) bond motifs is 1. The van der Waals surface area contributed by atoms with Gasteiger partial charge in [-0.25, -0.2) is 0 Å². The molecule has 1 aliphatic rings. The summed E-state index contributed by atoms with van der Waals surface area (Å²) in [5.41, 5.74) is 2.25. The first-order valence-corrected chi connectivity index (χ1v) is 10.6. The molecule has 29 heavy (non-hydrogen) atoms. The van der Waals surface area contributed by atoms with Crippen molar-refractivity contribution in [3.05, 3.63) is 74.8 Å². The van der Waals surface area contributed by atoms with Crippen LogP contribution in [0.1, 0.15) is 54.1 Å². The average Bonchev–Trinajstić information content (AvgIpc) is 2.75. The van der Waals surface area contributed by atoms with Gasteiger partial charge in [0.2, 0.25) is 0 Å². The Morgan fingerprint density at radius 2 is 1.86 bits per heavy atom. The highest BCUT2D eigenvalue weighted by molar-refractivity contribution is 7.71. The minimum absolute atomic E-state index is 0.0633. The summed E-state index contributed by atoms with van der Waals surface area (Å²) >= 11 is 5.49. The van der Waals surface area contributed by atoms with Crippen LogP contribution in [0.2, 0.25) is 0 Å². The van der Waals surface area contributed by atoms with Crippen molar-refractivity contribution < 1.29 is 4.79 Å². The van der Waals surface area contributed by atoms with Gasteiger partial charge in [0, 0.05) is 18.2 Å². The van der Waals surface area contributed by atoms with E-state index in [1.165, 1.54) is 12.0 Å². The SMILES string of the molecule is O=C(NCCc1ccccc1)c1ccc2c(=O)n(C3CCCCC3)c(=S)[nH]c2c1. The third-order valence-corrected chi connectivity index (χ3v) is 5.97. The Morgan fingerprint density at radius 3 is 2.62 bits per heavy atom. The number of aromatic amines is 1. The Morgan fingerprint density at radius 1 is 1.10 bits per heavy atom. The van der Waals surface area contributed by atoms with E-state index in [2.05, 4.69) is 10.3 Å². The van der Waals surface area contributed by atoms with Gasteiger partial charge in [0.05, 0.1) is 10.9 Å². The lowest BCUT2D eigenvalue weighted by atomic mass is 9.95. The second kappa shape index (κ2) is 8.74. The summed E-state index contributed by atoms with van der Waals surface area (Å²) in [5.74, 6) is -0.154. The van der Waals surface area contributed by atoms with Crippen LogP contribution in [0, 0.1) is 4.77 Å². The molecule has 0 atom stereocenters. The molecule has 6 heteroatoms. The number of carbonyl (C=O) groups is 1. The third-order valence-electron chi connectivity index (χ3n) is 5.67. The van der Waals surface area contributed by atoms with E-state index < -0.39 is 0 Å². The van der Waals surface area contributed by atoms with Crippen LogP contribution >= 0.6 is 12.2 Å². The fourth-order valence-electron chi connectivity index (χ4n) is 4.11. The lowest BCUT2D eigenvalue weighted by Crippen LogP contribution is -2.28. The largest absolute Gasteiger partial charge is 0.352 e. The van der Waals surface area contributed by atoms with Gasteiger partial charge in [-0.1, -0.05) is 49.6 Å². The van der Waals surface area contributed by atoms with Gasteiger partial charge in [0.15, 0.2) is 4.77 Å². The molecule has 0 aliphatic heterocycles. The zero-order valence-electron chi connectivity index (χ0n) is 16.3. The number of hydrogen-bond donors (Lipinski definition) is 2. The molecule has 4 rings (SSSR count). The van der Waals surface area contributed by atoms with Crippen LogP contribution in [0.3, 0.4) is 0 Å². The van der Waals surface area contributed by atoms with Gasteiger partial charge in [-0.2, -0.15) is 0 Å². The number of nitrogens with one attached hydrogen (secondary N) is 2. The Bertz CT molecular complexity index is 1130. The molecule has 150 valence electrons. The van der Waals surface area contributed by atoms with Gasteiger partial charge >= 0.3 is 0 Å².